The Morgan fingerprint density at radius 1 is 1.12 bits per heavy atom. The summed E-state index contributed by atoms with van der Waals surface area (Å²) in [6.07, 6.45) is 3.77. The maximum Gasteiger partial charge on any atom is 0.268 e. The van der Waals surface area contributed by atoms with Crippen LogP contribution >= 0.6 is 22.9 Å². The van der Waals surface area contributed by atoms with Crippen LogP contribution in [0.4, 0.5) is 10.3 Å². The third-order valence-corrected chi connectivity index (χ3v) is 6.23. The van der Waals surface area contributed by atoms with Crippen molar-refractivity contribution in [2.45, 2.75) is 12.8 Å². The Morgan fingerprint density at radius 3 is 2.59 bits per heavy atom. The molecule has 34 heavy (non-hydrogen) atoms. The molecule has 1 aromatic heterocycles. The average Bonchev–Trinajstić information content (AvgIpc) is 3.54. The summed E-state index contributed by atoms with van der Waals surface area (Å²) in [7, 11) is 0. The number of halogens is 1. The Morgan fingerprint density at radius 2 is 1.85 bits per heavy atom. The van der Waals surface area contributed by atoms with Crippen LogP contribution in [0.1, 0.15) is 18.4 Å². The molecule has 4 rings (SSSR count). The van der Waals surface area contributed by atoms with E-state index in [1.54, 1.807) is 36.4 Å². The minimum absolute atomic E-state index is 0.0280. The molecule has 0 spiro atoms. The highest BCUT2D eigenvalue weighted by Crippen LogP contribution is 2.27. The molecule has 2 heterocycles. The van der Waals surface area contributed by atoms with Gasteiger partial charge in [0.15, 0.2) is 0 Å². The molecular weight excluding hydrogens is 474 g/mol. The number of hydrogen-bond donors (Lipinski definition) is 1. The van der Waals surface area contributed by atoms with Crippen molar-refractivity contribution in [1.82, 2.24) is 10.2 Å². The predicted molar refractivity (Wildman–Crippen MR) is 132 cm³/mol. The molecule has 0 bridgehead atoms. The van der Waals surface area contributed by atoms with Gasteiger partial charge in [-0.15, -0.1) is 10.2 Å². The molecule has 1 aliphatic rings. The third-order valence-electron chi connectivity index (χ3n) is 5.01. The van der Waals surface area contributed by atoms with Crippen molar-refractivity contribution < 1.29 is 14.3 Å². The van der Waals surface area contributed by atoms with Crippen LogP contribution in [0.3, 0.4) is 0 Å². The van der Waals surface area contributed by atoms with Gasteiger partial charge in [0.2, 0.25) is 10.3 Å². The van der Waals surface area contributed by atoms with E-state index in [0.717, 1.165) is 31.1 Å². The fourth-order valence-corrected chi connectivity index (χ4v) is 4.30. The molecule has 0 unspecified atom stereocenters. The van der Waals surface area contributed by atoms with Gasteiger partial charge in [0.05, 0.1) is 5.02 Å². The number of benzene rings is 2. The number of carbonyl (C=O) groups excluding carboxylic acids is 1. The van der Waals surface area contributed by atoms with Gasteiger partial charge in [0, 0.05) is 13.1 Å². The minimum Gasteiger partial charge on any atom is -0.490 e. The van der Waals surface area contributed by atoms with E-state index in [9.17, 15) is 10.1 Å². The zero-order valence-corrected chi connectivity index (χ0v) is 19.8. The summed E-state index contributed by atoms with van der Waals surface area (Å²) in [5.74, 6) is 0.728. The molecule has 2 aromatic carbocycles. The molecule has 0 aliphatic carbocycles. The lowest BCUT2D eigenvalue weighted by Crippen LogP contribution is -2.17. The van der Waals surface area contributed by atoms with Gasteiger partial charge in [-0.3, -0.25) is 10.1 Å². The van der Waals surface area contributed by atoms with Crippen LogP contribution in [0.25, 0.3) is 6.08 Å². The summed E-state index contributed by atoms with van der Waals surface area (Å²) in [6.45, 7) is 2.57. The molecule has 1 fully saturated rings. The second-order valence-electron chi connectivity index (χ2n) is 7.40. The number of nitrogens with one attached hydrogen (secondary N) is 1. The van der Waals surface area contributed by atoms with Crippen molar-refractivity contribution in [3.05, 3.63) is 64.7 Å². The summed E-state index contributed by atoms with van der Waals surface area (Å²) < 4.78 is 11.3. The summed E-state index contributed by atoms with van der Waals surface area (Å²) in [5.41, 5.74) is 0.668. The number of ether oxygens (including phenoxy) is 2. The Labute approximate surface area is 206 Å². The normalized spacial score (nSPS) is 13.4. The highest BCUT2D eigenvalue weighted by atomic mass is 35.5. The number of nitrogens with zero attached hydrogens (tertiary/aromatic N) is 4. The van der Waals surface area contributed by atoms with Crippen molar-refractivity contribution in [2.75, 3.05) is 36.5 Å². The van der Waals surface area contributed by atoms with Crippen LogP contribution in [-0.2, 0) is 4.79 Å². The Hall–Kier alpha value is -3.61. The van der Waals surface area contributed by atoms with Gasteiger partial charge in [-0.1, -0.05) is 47.2 Å². The third kappa shape index (κ3) is 6.25. The second-order valence-corrected chi connectivity index (χ2v) is 8.77. The average molecular weight is 496 g/mol. The van der Waals surface area contributed by atoms with E-state index in [2.05, 4.69) is 20.4 Å². The maximum absolute atomic E-state index is 12.5. The first-order valence-corrected chi connectivity index (χ1v) is 11.9. The van der Waals surface area contributed by atoms with Gasteiger partial charge in [-0.2, -0.15) is 5.26 Å². The number of hydrogen-bond acceptors (Lipinski definition) is 8. The molecule has 0 saturated carbocycles. The van der Waals surface area contributed by atoms with E-state index < -0.39 is 5.91 Å². The lowest BCUT2D eigenvalue weighted by atomic mass is 10.1. The number of aromatic nitrogens is 2. The van der Waals surface area contributed by atoms with Crippen molar-refractivity contribution in [2.24, 2.45) is 0 Å². The van der Waals surface area contributed by atoms with Crippen LogP contribution in [0.5, 0.6) is 11.5 Å². The quantitative estimate of drug-likeness (QED) is 0.258. The monoisotopic (exact) mass is 495 g/mol. The number of nitriles is 1. The molecule has 1 aliphatic heterocycles. The summed E-state index contributed by atoms with van der Waals surface area (Å²) in [4.78, 5) is 14.7. The molecule has 8 nitrogen and oxygen atoms in total. The van der Waals surface area contributed by atoms with Gasteiger partial charge in [0.25, 0.3) is 5.91 Å². The second kappa shape index (κ2) is 11.5. The standard InChI is InChI=1S/C24H22ClN5O3S/c25-20-5-1-2-6-21(20)33-14-13-32-19-9-7-17(8-10-19)15-18(16-26)22(31)27-23-28-29-24(34-23)30-11-3-4-12-30/h1-2,5-10,15H,3-4,11-14H2,(H,27,28,31)/b18-15-. The van der Waals surface area contributed by atoms with Crippen LogP contribution in [-0.4, -0.2) is 42.4 Å². The van der Waals surface area contributed by atoms with E-state index in [4.69, 9.17) is 21.1 Å². The van der Waals surface area contributed by atoms with Crippen LogP contribution in [0.15, 0.2) is 54.1 Å². The predicted octanol–water partition coefficient (Wildman–Crippen LogP) is 4.80. The van der Waals surface area contributed by atoms with Crippen LogP contribution in [0.2, 0.25) is 5.02 Å². The minimum atomic E-state index is -0.524. The van der Waals surface area contributed by atoms with Gasteiger partial charge in [-0.25, -0.2) is 0 Å². The van der Waals surface area contributed by atoms with E-state index in [0.29, 0.717) is 40.4 Å². The summed E-state index contributed by atoms with van der Waals surface area (Å²) in [6, 6.07) is 16.3. The Balaban J connectivity index is 1.29. The number of anilines is 2. The van der Waals surface area contributed by atoms with Crippen molar-refractivity contribution in [1.29, 1.82) is 5.26 Å². The van der Waals surface area contributed by atoms with Crippen LogP contribution in [0, 0.1) is 11.3 Å². The summed E-state index contributed by atoms with van der Waals surface area (Å²) >= 11 is 7.36. The van der Waals surface area contributed by atoms with Gasteiger partial charge in [0.1, 0.15) is 36.4 Å². The molecule has 1 N–H and O–H groups in total. The van der Waals surface area contributed by atoms with Gasteiger partial charge < -0.3 is 14.4 Å². The first kappa shape index (κ1) is 23.5. The molecule has 0 atom stereocenters. The first-order valence-electron chi connectivity index (χ1n) is 10.7. The lowest BCUT2D eigenvalue weighted by molar-refractivity contribution is -0.112. The fraction of sp³-hybridized carbons (Fsp3) is 0.250. The zero-order chi connectivity index (χ0) is 23.8. The van der Waals surface area contributed by atoms with Gasteiger partial charge >= 0.3 is 0 Å². The number of rotatable bonds is 9. The number of carbonyl (C=O) groups is 1. The van der Waals surface area contributed by atoms with Crippen molar-refractivity contribution in [3.63, 3.8) is 0 Å². The number of para-hydroxylation sites is 1. The van der Waals surface area contributed by atoms with E-state index in [-0.39, 0.29) is 5.57 Å². The molecule has 1 saturated heterocycles. The summed E-state index contributed by atoms with van der Waals surface area (Å²) in [5, 5.41) is 22.0. The van der Waals surface area contributed by atoms with E-state index in [1.165, 1.54) is 17.4 Å². The maximum atomic E-state index is 12.5. The molecule has 3 aromatic rings. The molecule has 10 heteroatoms. The van der Waals surface area contributed by atoms with E-state index >= 15 is 0 Å². The Bertz CT molecular complexity index is 1200. The van der Waals surface area contributed by atoms with E-state index in [1.807, 2.05) is 18.2 Å². The molecule has 0 radical (unpaired) electrons. The largest absolute Gasteiger partial charge is 0.490 e. The van der Waals surface area contributed by atoms with Gasteiger partial charge in [-0.05, 0) is 48.7 Å². The van der Waals surface area contributed by atoms with Crippen LogP contribution < -0.4 is 19.7 Å². The topological polar surface area (TPSA) is 100 Å². The molecule has 1 amide bonds. The Kier molecular flexibility index (Phi) is 7.96. The van der Waals surface area contributed by atoms with Crippen molar-refractivity contribution in [3.8, 4) is 17.6 Å². The lowest BCUT2D eigenvalue weighted by Gasteiger charge is -2.10. The first-order chi connectivity index (χ1) is 16.6. The zero-order valence-electron chi connectivity index (χ0n) is 18.2. The van der Waals surface area contributed by atoms with Crippen molar-refractivity contribution >= 4 is 45.2 Å². The highest BCUT2D eigenvalue weighted by molar-refractivity contribution is 7.19. The molecule has 174 valence electrons. The SMILES string of the molecule is N#C/C(=C/c1ccc(OCCOc2ccccc2Cl)cc1)C(=O)Nc1nnc(N2CCCC2)s1. The smallest absolute Gasteiger partial charge is 0.268 e. The fourth-order valence-electron chi connectivity index (χ4n) is 3.32. The highest BCUT2D eigenvalue weighted by Gasteiger charge is 2.18. The number of amides is 1. The molecular formula is C24H22ClN5O3S.